The summed E-state index contributed by atoms with van der Waals surface area (Å²) in [5.41, 5.74) is 1.26. The third kappa shape index (κ3) is 4.72. The molecule has 3 N–H and O–H groups in total. The molecule has 0 bridgehead atoms. The Morgan fingerprint density at radius 3 is 2.58 bits per heavy atom. The average Bonchev–Trinajstić information content (AvgIpc) is 3.39. The van der Waals surface area contributed by atoms with Crippen LogP contribution in [0.3, 0.4) is 0 Å². The molecule has 0 spiro atoms. The Labute approximate surface area is 219 Å². The van der Waals surface area contributed by atoms with Crippen molar-refractivity contribution >= 4 is 28.6 Å². The Kier molecular flexibility index (Phi) is 7.36. The number of fused-ring (bicyclic) bond motifs is 1. The lowest BCUT2D eigenvalue weighted by Gasteiger charge is -2.36. The number of carbonyl (C=O) groups is 1. The van der Waals surface area contributed by atoms with Crippen LogP contribution >= 0.6 is 0 Å². The van der Waals surface area contributed by atoms with Crippen LogP contribution < -0.4 is 26.8 Å². The predicted molar refractivity (Wildman–Crippen MR) is 148 cm³/mol. The number of para-hydroxylation sites is 1. The van der Waals surface area contributed by atoms with Crippen molar-refractivity contribution in [2.24, 2.45) is 0 Å². The smallest absolute Gasteiger partial charge is 0.332 e. The molecule has 1 saturated heterocycles. The van der Waals surface area contributed by atoms with Crippen molar-refractivity contribution in [3.63, 3.8) is 0 Å². The van der Waals surface area contributed by atoms with Gasteiger partial charge in [-0.25, -0.2) is 14.8 Å². The van der Waals surface area contributed by atoms with Crippen LogP contribution in [-0.2, 0) is 17.9 Å². The molecule has 11 nitrogen and oxygen atoms in total. The number of nitrogens with zero attached hydrogens (tertiary/aromatic N) is 5. The van der Waals surface area contributed by atoms with Crippen LogP contribution in [0, 0.1) is 0 Å². The second-order valence-electron chi connectivity index (χ2n) is 9.32. The van der Waals surface area contributed by atoms with E-state index in [1.54, 1.807) is 16.8 Å². The number of hydrogen-bond donors (Lipinski definition) is 3. The maximum Gasteiger partial charge on any atom is 0.332 e. The van der Waals surface area contributed by atoms with Crippen LogP contribution in [-0.4, -0.2) is 55.7 Å². The molecule has 1 unspecified atom stereocenters. The van der Waals surface area contributed by atoms with E-state index in [0.717, 1.165) is 12.1 Å². The third-order valence-corrected chi connectivity index (χ3v) is 6.66. The summed E-state index contributed by atoms with van der Waals surface area (Å²) < 4.78 is 2.83. The van der Waals surface area contributed by atoms with E-state index in [-0.39, 0.29) is 22.7 Å². The van der Waals surface area contributed by atoms with Gasteiger partial charge in [0.15, 0.2) is 5.65 Å². The molecule has 1 aliphatic heterocycles. The Hall–Kier alpha value is -4.25. The highest BCUT2D eigenvalue weighted by Crippen LogP contribution is 2.30. The number of aromatic nitrogens is 5. The van der Waals surface area contributed by atoms with Gasteiger partial charge in [0.05, 0.1) is 5.56 Å². The summed E-state index contributed by atoms with van der Waals surface area (Å²) in [5.74, 6) is 0.864. The highest BCUT2D eigenvalue weighted by molar-refractivity contribution is 5.97. The van der Waals surface area contributed by atoms with Gasteiger partial charge in [0.1, 0.15) is 23.2 Å². The molecular formula is C27H32N8O3. The third-order valence-electron chi connectivity index (χ3n) is 6.66. The summed E-state index contributed by atoms with van der Waals surface area (Å²) in [7, 11) is 0. The van der Waals surface area contributed by atoms with Gasteiger partial charge in [0, 0.05) is 44.6 Å². The summed E-state index contributed by atoms with van der Waals surface area (Å²) in [6.07, 6.45) is 3.06. The molecule has 198 valence electrons. The number of H-pyrrole nitrogens is 1. The molecule has 0 radical (unpaired) electrons. The number of benzene rings is 1. The van der Waals surface area contributed by atoms with Gasteiger partial charge in [-0.15, -0.1) is 0 Å². The summed E-state index contributed by atoms with van der Waals surface area (Å²) in [6.45, 7) is 6.38. The fourth-order valence-electron chi connectivity index (χ4n) is 4.89. The second kappa shape index (κ2) is 11.0. The number of piperazine rings is 1. The quantitative estimate of drug-likeness (QED) is 0.327. The fourth-order valence-corrected chi connectivity index (χ4v) is 4.89. The lowest BCUT2D eigenvalue weighted by atomic mass is 10.1. The number of anilines is 2. The molecule has 11 heteroatoms. The van der Waals surface area contributed by atoms with E-state index in [4.69, 9.17) is 4.98 Å². The van der Waals surface area contributed by atoms with Gasteiger partial charge in [-0.2, -0.15) is 0 Å². The number of nitrogens with one attached hydrogen (secondary N) is 3. The maximum atomic E-state index is 13.3. The normalized spacial score (nSPS) is 15.6. The van der Waals surface area contributed by atoms with Crippen LogP contribution in [0.4, 0.5) is 11.5 Å². The average molecular weight is 517 g/mol. The van der Waals surface area contributed by atoms with E-state index in [0.29, 0.717) is 62.0 Å². The molecule has 1 amide bonds. The molecule has 1 atom stereocenters. The number of pyridine rings is 1. The Morgan fingerprint density at radius 2 is 1.82 bits per heavy atom. The highest BCUT2D eigenvalue weighted by Gasteiger charge is 2.32. The molecule has 5 rings (SSSR count). The molecule has 1 aliphatic rings. The van der Waals surface area contributed by atoms with Crippen LogP contribution in [0.1, 0.15) is 26.7 Å². The van der Waals surface area contributed by atoms with Crippen LogP contribution in [0.2, 0.25) is 0 Å². The molecule has 4 heterocycles. The molecule has 0 aliphatic carbocycles. The first-order valence-corrected chi connectivity index (χ1v) is 13.1. The zero-order valence-electron chi connectivity index (χ0n) is 21.6. The molecule has 1 fully saturated rings. The molecular weight excluding hydrogens is 484 g/mol. The van der Waals surface area contributed by atoms with E-state index in [1.807, 2.05) is 55.1 Å². The summed E-state index contributed by atoms with van der Waals surface area (Å²) >= 11 is 0. The minimum atomic E-state index is -0.512. The zero-order valence-corrected chi connectivity index (χ0v) is 21.6. The van der Waals surface area contributed by atoms with E-state index in [2.05, 4.69) is 20.6 Å². The first kappa shape index (κ1) is 25.4. The van der Waals surface area contributed by atoms with E-state index >= 15 is 0 Å². The van der Waals surface area contributed by atoms with Gasteiger partial charge in [0.2, 0.25) is 5.91 Å². The van der Waals surface area contributed by atoms with Gasteiger partial charge < -0.3 is 20.5 Å². The van der Waals surface area contributed by atoms with Crippen molar-refractivity contribution in [2.75, 3.05) is 29.9 Å². The minimum Gasteiger partial charge on any atom is -0.341 e. The van der Waals surface area contributed by atoms with E-state index < -0.39 is 6.04 Å². The summed E-state index contributed by atoms with van der Waals surface area (Å²) in [5, 5.41) is 6.29. The number of imidazole rings is 1. The molecule has 3 aromatic heterocycles. The fraction of sp³-hybridized carbons (Fsp3) is 0.370. The molecule has 0 saturated carbocycles. The Morgan fingerprint density at radius 1 is 1.05 bits per heavy atom. The number of hydrogen-bond acceptors (Lipinski definition) is 7. The van der Waals surface area contributed by atoms with Crippen LogP contribution in [0.5, 0.6) is 0 Å². The van der Waals surface area contributed by atoms with Gasteiger partial charge in [0.25, 0.3) is 5.56 Å². The van der Waals surface area contributed by atoms with Crippen molar-refractivity contribution in [2.45, 2.75) is 45.8 Å². The predicted octanol–water partition coefficient (Wildman–Crippen LogP) is 2.19. The first-order valence-electron chi connectivity index (χ1n) is 13.1. The second-order valence-corrected chi connectivity index (χ2v) is 9.32. The summed E-state index contributed by atoms with van der Waals surface area (Å²) in [4.78, 5) is 54.2. The number of carbonyl (C=O) groups excluding carboxylic acids is 1. The van der Waals surface area contributed by atoms with E-state index in [1.165, 1.54) is 4.57 Å². The van der Waals surface area contributed by atoms with E-state index in [9.17, 15) is 14.4 Å². The number of aryl methyl sites for hydroxylation is 1. The molecule has 1 aromatic carbocycles. The Balaban J connectivity index is 1.58. The van der Waals surface area contributed by atoms with Crippen molar-refractivity contribution in [1.29, 1.82) is 0 Å². The monoisotopic (exact) mass is 516 g/mol. The topological polar surface area (TPSA) is 130 Å². The SMILES string of the molecule is CCCn1c(=O)c2[nH]c(-c3cccnc3N3CCNCC3C(=O)Nc3ccccc3)nc2n(CCC)c1=O. The zero-order chi connectivity index (χ0) is 26.6. The number of aromatic amines is 1. The lowest BCUT2D eigenvalue weighted by molar-refractivity contribution is -0.117. The van der Waals surface area contributed by atoms with Crippen molar-refractivity contribution in [3.05, 3.63) is 69.5 Å². The highest BCUT2D eigenvalue weighted by atomic mass is 16.2. The maximum absolute atomic E-state index is 13.3. The van der Waals surface area contributed by atoms with Crippen LogP contribution in [0.15, 0.2) is 58.3 Å². The number of rotatable bonds is 8. The number of amides is 1. The van der Waals surface area contributed by atoms with Crippen LogP contribution in [0.25, 0.3) is 22.6 Å². The van der Waals surface area contributed by atoms with Gasteiger partial charge in [-0.05, 0) is 37.1 Å². The minimum absolute atomic E-state index is 0.149. The summed E-state index contributed by atoms with van der Waals surface area (Å²) in [6, 6.07) is 12.5. The van der Waals surface area contributed by atoms with Crippen molar-refractivity contribution in [3.8, 4) is 11.4 Å². The standard InChI is InChI=1S/C27H32N8O3/c1-3-14-34-24-21(26(37)35(15-4-2)27(34)38)31-22(32-24)19-11-8-12-29-23(19)33-16-13-28-17-20(33)25(36)30-18-9-6-5-7-10-18/h5-12,20,28H,3-4,13-17H2,1-2H3,(H,30,36)(H,31,32). The molecule has 38 heavy (non-hydrogen) atoms. The van der Waals surface area contributed by atoms with Gasteiger partial charge >= 0.3 is 5.69 Å². The van der Waals surface area contributed by atoms with Crippen molar-refractivity contribution < 1.29 is 4.79 Å². The van der Waals surface area contributed by atoms with Crippen molar-refractivity contribution in [1.82, 2.24) is 29.4 Å². The largest absolute Gasteiger partial charge is 0.341 e. The first-order chi connectivity index (χ1) is 18.5. The lowest BCUT2D eigenvalue weighted by Crippen LogP contribution is -2.57. The van der Waals surface area contributed by atoms with Gasteiger partial charge in [-0.3, -0.25) is 18.7 Å². The Bertz CT molecular complexity index is 1560. The molecule has 4 aromatic rings. The van der Waals surface area contributed by atoms with Gasteiger partial charge in [-0.1, -0.05) is 32.0 Å².